The number of hydrogen-bond acceptors (Lipinski definition) is 3. The molecular weight excluding hydrogens is 226 g/mol. The summed E-state index contributed by atoms with van der Waals surface area (Å²) in [5, 5.41) is 3.45. The molecule has 1 heterocycles. The van der Waals surface area contributed by atoms with Crippen molar-refractivity contribution in [1.82, 2.24) is 5.32 Å². The van der Waals surface area contributed by atoms with Gasteiger partial charge in [-0.1, -0.05) is 6.07 Å². The molecule has 1 atom stereocenters. The van der Waals surface area contributed by atoms with E-state index in [1.165, 1.54) is 11.1 Å². The first-order valence-electron chi connectivity index (χ1n) is 5.27. The molecule has 0 saturated carbocycles. The largest absolute Gasteiger partial charge is 0.497 e. The summed E-state index contributed by atoms with van der Waals surface area (Å²) in [7, 11) is 1.69. The van der Waals surface area contributed by atoms with Gasteiger partial charge >= 0.3 is 0 Å². The molecule has 1 aromatic rings. The number of benzene rings is 1. The molecule has 1 aliphatic heterocycles. The maximum Gasteiger partial charge on any atom is 0.119 e. The van der Waals surface area contributed by atoms with E-state index in [2.05, 4.69) is 24.4 Å². The first-order valence-corrected chi connectivity index (χ1v) is 5.27. The van der Waals surface area contributed by atoms with Gasteiger partial charge in [-0.05, 0) is 30.2 Å². The van der Waals surface area contributed by atoms with Crippen LogP contribution in [0.2, 0.25) is 0 Å². The Morgan fingerprint density at radius 2 is 2.25 bits per heavy atom. The Labute approximate surface area is 103 Å². The number of morpholine rings is 1. The zero-order valence-electron chi connectivity index (χ0n) is 9.66. The fourth-order valence-electron chi connectivity index (χ4n) is 1.93. The van der Waals surface area contributed by atoms with Crippen LogP contribution in [0.4, 0.5) is 0 Å². The third-order valence-corrected chi connectivity index (χ3v) is 2.77. The molecule has 0 unspecified atom stereocenters. The van der Waals surface area contributed by atoms with Crippen LogP contribution < -0.4 is 10.1 Å². The molecule has 16 heavy (non-hydrogen) atoms. The first-order chi connectivity index (χ1) is 7.31. The predicted molar refractivity (Wildman–Crippen MR) is 66.5 cm³/mol. The molecule has 1 saturated heterocycles. The highest BCUT2D eigenvalue weighted by Gasteiger charge is 2.16. The van der Waals surface area contributed by atoms with Crippen molar-refractivity contribution in [3.63, 3.8) is 0 Å². The summed E-state index contributed by atoms with van der Waals surface area (Å²) in [5.41, 5.74) is 2.55. The summed E-state index contributed by atoms with van der Waals surface area (Å²) in [5.74, 6) is 0.910. The van der Waals surface area contributed by atoms with Crippen LogP contribution >= 0.6 is 12.4 Å². The Morgan fingerprint density at radius 1 is 1.44 bits per heavy atom. The van der Waals surface area contributed by atoms with E-state index in [4.69, 9.17) is 9.47 Å². The van der Waals surface area contributed by atoms with Gasteiger partial charge in [0.15, 0.2) is 0 Å². The maximum absolute atomic E-state index is 5.45. The monoisotopic (exact) mass is 243 g/mol. The number of nitrogens with one attached hydrogen (secondary N) is 1. The zero-order valence-corrected chi connectivity index (χ0v) is 10.5. The summed E-state index contributed by atoms with van der Waals surface area (Å²) in [6.45, 7) is 4.60. The van der Waals surface area contributed by atoms with Crippen LogP contribution in [-0.4, -0.2) is 26.9 Å². The number of ether oxygens (including phenoxy) is 2. The lowest BCUT2D eigenvalue weighted by atomic mass is 10.0. The van der Waals surface area contributed by atoms with Crippen molar-refractivity contribution in [2.24, 2.45) is 0 Å². The van der Waals surface area contributed by atoms with Crippen LogP contribution in [0, 0.1) is 6.92 Å². The van der Waals surface area contributed by atoms with Gasteiger partial charge in [0.25, 0.3) is 0 Å². The molecular formula is C12H18ClNO2. The standard InChI is InChI=1S/C12H17NO2.ClH/c1-9-7-10(14-2)3-4-11(9)12-8-15-6-5-13-12;/h3-4,7,12-13H,5-6,8H2,1-2H3;1H/t12-;/m0./s1. The van der Waals surface area contributed by atoms with E-state index < -0.39 is 0 Å². The van der Waals surface area contributed by atoms with Crippen molar-refractivity contribution in [1.29, 1.82) is 0 Å². The number of halogens is 1. The van der Waals surface area contributed by atoms with Crippen molar-refractivity contribution < 1.29 is 9.47 Å². The Hall–Kier alpha value is -0.770. The molecule has 0 amide bonds. The molecule has 1 aromatic carbocycles. The van der Waals surface area contributed by atoms with Crippen molar-refractivity contribution in [2.75, 3.05) is 26.9 Å². The average molecular weight is 244 g/mol. The minimum Gasteiger partial charge on any atom is -0.497 e. The summed E-state index contributed by atoms with van der Waals surface area (Å²) >= 11 is 0. The molecule has 2 rings (SSSR count). The second-order valence-corrected chi connectivity index (χ2v) is 3.80. The zero-order chi connectivity index (χ0) is 10.7. The minimum atomic E-state index is 0. The van der Waals surface area contributed by atoms with Gasteiger partial charge in [0.05, 0.1) is 26.4 Å². The summed E-state index contributed by atoms with van der Waals surface area (Å²) < 4.78 is 10.6. The Balaban J connectivity index is 0.00000128. The van der Waals surface area contributed by atoms with Crippen LogP contribution in [0.15, 0.2) is 18.2 Å². The van der Waals surface area contributed by atoms with Crippen molar-refractivity contribution >= 4 is 12.4 Å². The van der Waals surface area contributed by atoms with Gasteiger partial charge in [-0.2, -0.15) is 0 Å². The molecule has 0 aromatic heterocycles. The Morgan fingerprint density at radius 3 is 2.81 bits per heavy atom. The van der Waals surface area contributed by atoms with Gasteiger partial charge < -0.3 is 14.8 Å². The Kier molecular flexibility index (Phi) is 5.06. The normalized spacial score (nSPS) is 20.0. The van der Waals surface area contributed by atoms with Gasteiger partial charge in [-0.3, -0.25) is 0 Å². The van der Waals surface area contributed by atoms with E-state index in [1.807, 2.05) is 6.07 Å². The van der Waals surface area contributed by atoms with Gasteiger partial charge in [0, 0.05) is 6.54 Å². The van der Waals surface area contributed by atoms with Crippen LogP contribution in [-0.2, 0) is 4.74 Å². The highest BCUT2D eigenvalue weighted by molar-refractivity contribution is 5.85. The first kappa shape index (κ1) is 13.3. The van der Waals surface area contributed by atoms with Crippen LogP contribution in [0.3, 0.4) is 0 Å². The molecule has 1 aliphatic rings. The van der Waals surface area contributed by atoms with Crippen molar-refractivity contribution in [3.8, 4) is 5.75 Å². The van der Waals surface area contributed by atoms with Gasteiger partial charge in [-0.15, -0.1) is 12.4 Å². The quantitative estimate of drug-likeness (QED) is 0.863. The third kappa shape index (κ3) is 2.88. The predicted octanol–water partition coefficient (Wildman–Crippen LogP) is 2.09. The van der Waals surface area contributed by atoms with E-state index in [9.17, 15) is 0 Å². The molecule has 0 bridgehead atoms. The van der Waals surface area contributed by atoms with E-state index in [-0.39, 0.29) is 12.4 Å². The summed E-state index contributed by atoms with van der Waals surface area (Å²) in [6, 6.07) is 6.50. The molecule has 4 heteroatoms. The van der Waals surface area contributed by atoms with E-state index >= 15 is 0 Å². The highest BCUT2D eigenvalue weighted by atomic mass is 35.5. The van der Waals surface area contributed by atoms with Crippen molar-refractivity contribution in [3.05, 3.63) is 29.3 Å². The average Bonchev–Trinajstić information content (AvgIpc) is 2.30. The SMILES string of the molecule is COc1ccc([C@@H]2COCCN2)c(C)c1.Cl. The van der Waals surface area contributed by atoms with Gasteiger partial charge in [0.2, 0.25) is 0 Å². The Bertz CT molecular complexity index is 338. The minimum absolute atomic E-state index is 0. The maximum atomic E-state index is 5.45. The molecule has 1 fully saturated rings. The fraction of sp³-hybridized carbons (Fsp3) is 0.500. The van der Waals surface area contributed by atoms with E-state index in [1.54, 1.807) is 7.11 Å². The van der Waals surface area contributed by atoms with Crippen LogP contribution in [0.5, 0.6) is 5.75 Å². The number of methoxy groups -OCH3 is 1. The summed E-state index contributed by atoms with van der Waals surface area (Å²) in [6.07, 6.45) is 0. The molecule has 0 aliphatic carbocycles. The summed E-state index contributed by atoms with van der Waals surface area (Å²) in [4.78, 5) is 0. The molecule has 0 radical (unpaired) electrons. The highest BCUT2D eigenvalue weighted by Crippen LogP contribution is 2.23. The van der Waals surface area contributed by atoms with Gasteiger partial charge in [-0.25, -0.2) is 0 Å². The lowest BCUT2D eigenvalue weighted by Gasteiger charge is -2.25. The van der Waals surface area contributed by atoms with Crippen LogP contribution in [0.25, 0.3) is 0 Å². The topological polar surface area (TPSA) is 30.5 Å². The second kappa shape index (κ2) is 6.09. The molecule has 1 N–H and O–H groups in total. The van der Waals surface area contributed by atoms with E-state index in [0.717, 1.165) is 25.5 Å². The molecule has 0 spiro atoms. The smallest absolute Gasteiger partial charge is 0.119 e. The second-order valence-electron chi connectivity index (χ2n) is 3.80. The van der Waals surface area contributed by atoms with Gasteiger partial charge in [0.1, 0.15) is 5.75 Å². The third-order valence-electron chi connectivity index (χ3n) is 2.77. The molecule has 90 valence electrons. The lowest BCUT2D eigenvalue weighted by Crippen LogP contribution is -2.34. The van der Waals surface area contributed by atoms with E-state index in [0.29, 0.717) is 6.04 Å². The lowest BCUT2D eigenvalue weighted by molar-refractivity contribution is 0.0767. The number of rotatable bonds is 2. The number of aryl methyl sites for hydroxylation is 1. The number of hydrogen-bond donors (Lipinski definition) is 1. The fourth-order valence-corrected chi connectivity index (χ4v) is 1.93. The molecule has 3 nitrogen and oxygen atoms in total. The van der Waals surface area contributed by atoms with Crippen molar-refractivity contribution in [2.45, 2.75) is 13.0 Å². The van der Waals surface area contributed by atoms with Crippen LogP contribution in [0.1, 0.15) is 17.2 Å².